The third-order valence-corrected chi connectivity index (χ3v) is 6.05. The number of methoxy groups -OCH3 is 1. The average Bonchev–Trinajstić information content (AvgIpc) is 3.27. The Hall–Kier alpha value is -3.93. The van der Waals surface area contributed by atoms with E-state index in [9.17, 15) is 14.4 Å². The highest BCUT2D eigenvalue weighted by Gasteiger charge is 2.62. The van der Waals surface area contributed by atoms with E-state index in [1.165, 1.54) is 12.0 Å². The molecule has 2 heterocycles. The minimum atomic E-state index is -1.44. The number of amides is 2. The molecule has 2 atom stereocenters. The summed E-state index contributed by atoms with van der Waals surface area (Å²) in [4.78, 5) is 41.4. The molecule has 2 amide bonds. The van der Waals surface area contributed by atoms with E-state index in [4.69, 9.17) is 9.47 Å². The zero-order valence-corrected chi connectivity index (χ0v) is 16.8. The molecule has 0 spiro atoms. The number of rotatable bonds is 4. The number of carbonyl (C=O) groups excluding carboxylic acids is 3. The van der Waals surface area contributed by atoms with Crippen LogP contribution in [0.1, 0.15) is 17.5 Å². The molecule has 0 saturated carbocycles. The smallest absolute Gasteiger partial charge is 0.327 e. The molecule has 0 aliphatic carbocycles. The first-order valence-corrected chi connectivity index (χ1v) is 9.96. The Bertz CT molecular complexity index is 1190. The van der Waals surface area contributed by atoms with Crippen LogP contribution < -0.4 is 14.4 Å². The molecular weight excluding hydrogens is 394 g/mol. The summed E-state index contributed by atoms with van der Waals surface area (Å²) < 4.78 is 11.1. The van der Waals surface area contributed by atoms with Gasteiger partial charge in [-0.3, -0.25) is 19.3 Å². The number of imide groups is 1. The van der Waals surface area contributed by atoms with Gasteiger partial charge in [-0.15, -0.1) is 0 Å². The van der Waals surface area contributed by atoms with E-state index in [-0.39, 0.29) is 18.1 Å². The first-order chi connectivity index (χ1) is 15.1. The molecule has 5 rings (SSSR count). The van der Waals surface area contributed by atoms with E-state index < -0.39 is 23.2 Å². The van der Waals surface area contributed by atoms with Crippen molar-refractivity contribution in [2.45, 2.75) is 11.8 Å². The maximum atomic E-state index is 13.7. The number of anilines is 1. The van der Waals surface area contributed by atoms with Crippen LogP contribution in [-0.4, -0.2) is 24.9 Å². The lowest BCUT2D eigenvalue weighted by atomic mass is 9.65. The van der Waals surface area contributed by atoms with E-state index in [0.717, 1.165) is 0 Å². The number of hydrogen-bond donors (Lipinski definition) is 0. The molecule has 6 nitrogen and oxygen atoms in total. The normalized spacial score (nSPS) is 22.4. The molecule has 0 unspecified atom stereocenters. The molecule has 1 saturated heterocycles. The maximum Gasteiger partial charge on any atom is 0.327 e. The number of benzene rings is 3. The highest BCUT2D eigenvalue weighted by molar-refractivity contribution is 6.23. The first kappa shape index (κ1) is 19.1. The topological polar surface area (TPSA) is 72.9 Å². The zero-order chi connectivity index (χ0) is 21.6. The van der Waals surface area contributed by atoms with Gasteiger partial charge in [0.05, 0.1) is 18.7 Å². The average molecular weight is 413 g/mol. The van der Waals surface area contributed by atoms with Crippen LogP contribution in [0.4, 0.5) is 5.69 Å². The quantitative estimate of drug-likeness (QED) is 0.372. The van der Waals surface area contributed by atoms with Gasteiger partial charge in [-0.05, 0) is 23.8 Å². The second-order valence-electron chi connectivity index (χ2n) is 7.56. The molecule has 0 radical (unpaired) electrons. The number of ether oxygens (including phenoxy) is 2. The van der Waals surface area contributed by atoms with E-state index in [0.29, 0.717) is 22.6 Å². The van der Waals surface area contributed by atoms with Gasteiger partial charge < -0.3 is 9.47 Å². The highest BCUT2D eigenvalue weighted by Crippen LogP contribution is 2.55. The second kappa shape index (κ2) is 7.09. The fourth-order valence-electron chi connectivity index (χ4n) is 4.70. The summed E-state index contributed by atoms with van der Waals surface area (Å²) in [5, 5.41) is 0. The summed E-state index contributed by atoms with van der Waals surface area (Å²) in [6, 6.07) is 23.0. The summed E-state index contributed by atoms with van der Waals surface area (Å²) in [5.41, 5.74) is 0.180. The van der Waals surface area contributed by atoms with Crippen molar-refractivity contribution in [3.05, 3.63) is 90.0 Å². The summed E-state index contributed by atoms with van der Waals surface area (Å²) >= 11 is 0. The molecule has 0 bridgehead atoms. The Morgan fingerprint density at radius 2 is 1.58 bits per heavy atom. The Kier molecular flexibility index (Phi) is 4.36. The molecule has 1 fully saturated rings. The molecule has 31 heavy (non-hydrogen) atoms. The Morgan fingerprint density at radius 3 is 2.26 bits per heavy atom. The number of esters is 1. The summed E-state index contributed by atoms with van der Waals surface area (Å²) in [6.45, 7) is 0. The van der Waals surface area contributed by atoms with Crippen molar-refractivity contribution >= 4 is 23.5 Å². The van der Waals surface area contributed by atoms with Crippen LogP contribution in [0.25, 0.3) is 0 Å². The van der Waals surface area contributed by atoms with Crippen molar-refractivity contribution in [1.29, 1.82) is 0 Å². The van der Waals surface area contributed by atoms with Crippen LogP contribution in [-0.2, 0) is 19.8 Å². The van der Waals surface area contributed by atoms with Crippen LogP contribution in [0.2, 0.25) is 0 Å². The lowest BCUT2D eigenvalue weighted by Crippen LogP contribution is -2.46. The van der Waals surface area contributed by atoms with Gasteiger partial charge >= 0.3 is 5.97 Å². The van der Waals surface area contributed by atoms with Gasteiger partial charge in [-0.25, -0.2) is 0 Å². The summed E-state index contributed by atoms with van der Waals surface area (Å²) in [7, 11) is 1.49. The van der Waals surface area contributed by atoms with E-state index in [1.54, 1.807) is 66.7 Å². The van der Waals surface area contributed by atoms with E-state index in [2.05, 4.69) is 0 Å². The van der Waals surface area contributed by atoms with Gasteiger partial charge in [0.25, 0.3) is 0 Å². The van der Waals surface area contributed by atoms with Crippen molar-refractivity contribution in [2.75, 3.05) is 12.0 Å². The minimum Gasteiger partial charge on any atom is -0.493 e. The van der Waals surface area contributed by atoms with Crippen LogP contribution >= 0.6 is 0 Å². The fourth-order valence-corrected chi connectivity index (χ4v) is 4.70. The molecule has 154 valence electrons. The Morgan fingerprint density at radius 1 is 0.903 bits per heavy atom. The van der Waals surface area contributed by atoms with Crippen LogP contribution in [0.5, 0.6) is 11.5 Å². The molecule has 2 aliphatic rings. The lowest BCUT2D eigenvalue weighted by Gasteiger charge is -2.31. The number of hydrogen-bond acceptors (Lipinski definition) is 5. The van der Waals surface area contributed by atoms with Gasteiger partial charge in [0.2, 0.25) is 11.8 Å². The largest absolute Gasteiger partial charge is 0.493 e. The number of nitrogens with zero attached hydrogens (tertiary/aromatic N) is 1. The van der Waals surface area contributed by atoms with Crippen LogP contribution in [0.3, 0.4) is 0 Å². The molecule has 0 N–H and O–H groups in total. The first-order valence-electron chi connectivity index (χ1n) is 9.96. The van der Waals surface area contributed by atoms with Crippen LogP contribution in [0, 0.1) is 5.92 Å². The van der Waals surface area contributed by atoms with Gasteiger partial charge in [0.15, 0.2) is 11.5 Å². The highest BCUT2D eigenvalue weighted by atomic mass is 16.6. The van der Waals surface area contributed by atoms with E-state index >= 15 is 0 Å². The predicted molar refractivity (Wildman–Crippen MR) is 113 cm³/mol. The second-order valence-corrected chi connectivity index (χ2v) is 7.56. The standard InChI is InChI=1S/C25H19NO5/c1-30-20-14-8-13-18-22(20)31-24(29)25(18,16-9-4-2-5-10-16)19-15-21(27)26(23(19)28)17-11-6-3-7-12-17/h2-14,19H,15H2,1H3/t19-,25+/m1/s1. The zero-order valence-electron chi connectivity index (χ0n) is 16.8. The number of carbonyl (C=O) groups is 3. The molecular formula is C25H19NO5. The van der Waals surface area contributed by atoms with Gasteiger partial charge in [0.1, 0.15) is 5.41 Å². The molecule has 6 heteroatoms. The maximum absolute atomic E-state index is 13.7. The minimum absolute atomic E-state index is 0.103. The van der Waals surface area contributed by atoms with Crippen molar-refractivity contribution in [3.8, 4) is 11.5 Å². The molecule has 3 aromatic rings. The third kappa shape index (κ3) is 2.61. The van der Waals surface area contributed by atoms with Crippen molar-refractivity contribution < 1.29 is 23.9 Å². The van der Waals surface area contributed by atoms with Gasteiger partial charge in [0, 0.05) is 12.0 Å². The van der Waals surface area contributed by atoms with Gasteiger partial charge in [-0.1, -0.05) is 60.7 Å². The van der Waals surface area contributed by atoms with Crippen molar-refractivity contribution in [1.82, 2.24) is 0 Å². The number of para-hydroxylation sites is 2. The third-order valence-electron chi connectivity index (χ3n) is 6.05. The van der Waals surface area contributed by atoms with Crippen molar-refractivity contribution in [2.24, 2.45) is 5.92 Å². The van der Waals surface area contributed by atoms with E-state index in [1.807, 2.05) is 12.1 Å². The summed E-state index contributed by atoms with van der Waals surface area (Å²) in [5.74, 6) is -1.60. The molecule has 2 aliphatic heterocycles. The molecule has 3 aromatic carbocycles. The monoisotopic (exact) mass is 413 g/mol. The SMILES string of the molecule is COc1cccc2c1OC(=O)[C@]2(c1ccccc1)[C@@H]1CC(=O)N(c2ccccc2)C1=O. The van der Waals surface area contributed by atoms with Crippen molar-refractivity contribution in [3.63, 3.8) is 0 Å². The molecule has 0 aromatic heterocycles. The predicted octanol–water partition coefficient (Wildman–Crippen LogP) is 3.48. The Balaban J connectivity index is 1.73. The summed E-state index contributed by atoms with van der Waals surface area (Å²) in [6.07, 6.45) is -0.103. The lowest BCUT2D eigenvalue weighted by molar-refractivity contribution is -0.141. The van der Waals surface area contributed by atoms with Gasteiger partial charge in [-0.2, -0.15) is 0 Å². The van der Waals surface area contributed by atoms with Crippen LogP contribution in [0.15, 0.2) is 78.9 Å². The fraction of sp³-hybridized carbons (Fsp3) is 0.160. The Labute approximate surface area is 179 Å². The number of fused-ring (bicyclic) bond motifs is 1.